The van der Waals surface area contributed by atoms with Crippen molar-refractivity contribution in [2.45, 2.75) is 13.3 Å². The predicted molar refractivity (Wildman–Crippen MR) is 102 cm³/mol. The number of hydrogen-bond acceptors (Lipinski definition) is 5. The Morgan fingerprint density at radius 1 is 1.27 bits per heavy atom. The van der Waals surface area contributed by atoms with Crippen molar-refractivity contribution in [3.05, 3.63) is 69.7 Å². The maximum atomic E-state index is 12.5. The lowest BCUT2D eigenvalue weighted by atomic mass is 10.2. The third-order valence-corrected chi connectivity index (χ3v) is 4.84. The van der Waals surface area contributed by atoms with Gasteiger partial charge in [0, 0.05) is 12.1 Å². The van der Waals surface area contributed by atoms with Crippen molar-refractivity contribution in [3.8, 4) is 10.6 Å². The lowest BCUT2D eigenvalue weighted by molar-refractivity contribution is 0.102. The Hall–Kier alpha value is -3.19. The zero-order valence-electron chi connectivity index (χ0n) is 13.9. The zero-order chi connectivity index (χ0) is 18.1. The Bertz CT molecular complexity index is 1140. The van der Waals surface area contributed by atoms with Gasteiger partial charge >= 0.3 is 0 Å². The van der Waals surface area contributed by atoms with E-state index in [0.29, 0.717) is 34.8 Å². The van der Waals surface area contributed by atoms with Crippen LogP contribution in [0, 0.1) is 0 Å². The second-order valence-corrected chi connectivity index (χ2v) is 6.64. The molecule has 4 rings (SSSR count). The number of aromatic nitrogens is 2. The van der Waals surface area contributed by atoms with Crippen LogP contribution in [0.25, 0.3) is 21.7 Å². The Morgan fingerprint density at radius 2 is 2.15 bits per heavy atom. The molecule has 0 fully saturated rings. The zero-order valence-corrected chi connectivity index (χ0v) is 14.7. The van der Waals surface area contributed by atoms with E-state index >= 15 is 0 Å². The van der Waals surface area contributed by atoms with Crippen LogP contribution in [0.1, 0.15) is 23.2 Å². The van der Waals surface area contributed by atoms with E-state index in [1.807, 2.05) is 24.4 Å². The monoisotopic (exact) mass is 365 g/mol. The van der Waals surface area contributed by atoms with Crippen LogP contribution in [0.4, 0.5) is 5.69 Å². The van der Waals surface area contributed by atoms with Gasteiger partial charge in [-0.15, -0.1) is 11.3 Å². The Balaban J connectivity index is 1.59. The van der Waals surface area contributed by atoms with Crippen molar-refractivity contribution in [2.75, 3.05) is 5.32 Å². The first kappa shape index (κ1) is 16.3. The number of carbonyl (C=O) groups excluding carboxylic acids is 1. The van der Waals surface area contributed by atoms with Crippen molar-refractivity contribution in [3.63, 3.8) is 0 Å². The van der Waals surface area contributed by atoms with Gasteiger partial charge in [-0.1, -0.05) is 13.0 Å². The van der Waals surface area contributed by atoms with Gasteiger partial charge in [-0.25, -0.2) is 4.98 Å². The molecule has 130 valence electrons. The number of rotatable bonds is 4. The number of H-pyrrole nitrogens is 1. The molecule has 1 amide bonds. The molecule has 0 spiro atoms. The number of nitrogens with zero attached hydrogens (tertiary/aromatic N) is 1. The van der Waals surface area contributed by atoms with E-state index in [-0.39, 0.29) is 5.56 Å². The molecule has 1 aromatic carbocycles. The normalized spacial score (nSPS) is 11.0. The van der Waals surface area contributed by atoms with Gasteiger partial charge in [-0.05, 0) is 41.8 Å². The van der Waals surface area contributed by atoms with Crippen molar-refractivity contribution in [1.29, 1.82) is 0 Å². The lowest BCUT2D eigenvalue weighted by Crippen LogP contribution is -2.23. The molecule has 6 nitrogen and oxygen atoms in total. The van der Waals surface area contributed by atoms with Crippen LogP contribution in [0.5, 0.6) is 0 Å². The first-order chi connectivity index (χ1) is 12.6. The highest BCUT2D eigenvalue weighted by Gasteiger charge is 2.13. The van der Waals surface area contributed by atoms with Gasteiger partial charge in [0.05, 0.1) is 10.6 Å². The van der Waals surface area contributed by atoms with Crippen LogP contribution in [0.15, 0.2) is 57.1 Å². The molecular formula is C19H15N3O3S. The molecule has 0 radical (unpaired) electrons. The van der Waals surface area contributed by atoms with Crippen LogP contribution >= 0.6 is 11.3 Å². The molecule has 0 aliphatic carbocycles. The number of thiophene rings is 1. The third-order valence-electron chi connectivity index (χ3n) is 3.93. The molecule has 0 saturated carbocycles. The Kier molecular flexibility index (Phi) is 4.14. The molecule has 0 aliphatic heterocycles. The molecule has 0 atom stereocenters. The number of aryl methyl sites for hydroxylation is 1. The van der Waals surface area contributed by atoms with Crippen LogP contribution < -0.4 is 10.9 Å². The third kappa shape index (κ3) is 3.04. The summed E-state index contributed by atoms with van der Waals surface area (Å²) in [6.07, 6.45) is 0.697. The van der Waals surface area contributed by atoms with Gasteiger partial charge in [0.1, 0.15) is 11.1 Å². The average Bonchev–Trinajstić information content (AvgIpc) is 3.30. The quantitative estimate of drug-likeness (QED) is 0.571. The first-order valence-electron chi connectivity index (χ1n) is 8.12. The molecule has 0 bridgehead atoms. The molecule has 7 heteroatoms. The number of nitrogens with one attached hydrogen (secondary N) is 2. The average molecular weight is 365 g/mol. The first-order valence-corrected chi connectivity index (χ1v) is 9.00. The van der Waals surface area contributed by atoms with Crippen LogP contribution in [0.2, 0.25) is 0 Å². The summed E-state index contributed by atoms with van der Waals surface area (Å²) < 4.78 is 5.55. The molecule has 0 saturated heterocycles. The van der Waals surface area contributed by atoms with Gasteiger partial charge in [0.25, 0.3) is 11.5 Å². The number of carbonyl (C=O) groups is 1. The lowest BCUT2D eigenvalue weighted by Gasteiger charge is -2.05. The SMILES string of the molecule is CCc1nc2cc(NC(=O)c3ccc(-c4cccs4)[nH]c3=O)ccc2o1. The number of hydrogen-bond donors (Lipinski definition) is 2. The summed E-state index contributed by atoms with van der Waals surface area (Å²) in [4.78, 5) is 32.8. The summed E-state index contributed by atoms with van der Waals surface area (Å²) in [5.41, 5.74) is 2.21. The fourth-order valence-electron chi connectivity index (χ4n) is 2.63. The van der Waals surface area contributed by atoms with E-state index in [1.165, 1.54) is 17.4 Å². The molecule has 0 aliphatic rings. The summed E-state index contributed by atoms with van der Waals surface area (Å²) in [6, 6.07) is 12.3. The Morgan fingerprint density at radius 3 is 2.88 bits per heavy atom. The standard InChI is InChI=1S/C19H15N3O3S/c1-2-17-21-14-10-11(5-8-15(14)25-17)20-18(23)12-6-7-13(22-19(12)24)16-4-3-9-26-16/h3-10H,2H2,1H3,(H,20,23)(H,22,24). The van der Waals surface area contributed by atoms with Crippen LogP contribution in [0.3, 0.4) is 0 Å². The van der Waals surface area contributed by atoms with Gasteiger partial charge in [0.2, 0.25) is 0 Å². The second kappa shape index (κ2) is 6.61. The molecule has 3 aromatic heterocycles. The molecular weight excluding hydrogens is 350 g/mol. The Labute approximate surface area is 152 Å². The number of aromatic amines is 1. The summed E-state index contributed by atoms with van der Waals surface area (Å²) in [5.74, 6) is 0.173. The smallest absolute Gasteiger partial charge is 0.261 e. The maximum absolute atomic E-state index is 12.5. The largest absolute Gasteiger partial charge is 0.441 e. The summed E-state index contributed by atoms with van der Waals surface area (Å²) in [5, 5.41) is 4.66. The summed E-state index contributed by atoms with van der Waals surface area (Å²) in [6.45, 7) is 1.96. The molecule has 2 N–H and O–H groups in total. The van der Waals surface area contributed by atoms with Gasteiger partial charge < -0.3 is 14.7 Å². The summed E-state index contributed by atoms with van der Waals surface area (Å²) >= 11 is 1.52. The summed E-state index contributed by atoms with van der Waals surface area (Å²) in [7, 11) is 0. The second-order valence-electron chi connectivity index (χ2n) is 5.69. The molecule has 26 heavy (non-hydrogen) atoms. The number of fused-ring (bicyclic) bond motifs is 1. The van der Waals surface area contributed by atoms with Crippen molar-refractivity contribution >= 4 is 34.0 Å². The van der Waals surface area contributed by atoms with Crippen LogP contribution in [-0.4, -0.2) is 15.9 Å². The highest BCUT2D eigenvalue weighted by molar-refractivity contribution is 7.13. The highest BCUT2D eigenvalue weighted by Crippen LogP contribution is 2.22. The van der Waals surface area contributed by atoms with E-state index in [2.05, 4.69) is 15.3 Å². The molecule has 3 heterocycles. The topological polar surface area (TPSA) is 88.0 Å². The van der Waals surface area contributed by atoms with E-state index in [1.54, 1.807) is 24.3 Å². The number of pyridine rings is 1. The number of amides is 1. The predicted octanol–water partition coefficient (Wildman–Crippen LogP) is 4.06. The number of oxazole rings is 1. The molecule has 4 aromatic rings. The van der Waals surface area contributed by atoms with E-state index in [0.717, 1.165) is 4.88 Å². The number of benzene rings is 1. The van der Waals surface area contributed by atoms with Crippen LogP contribution in [-0.2, 0) is 6.42 Å². The van der Waals surface area contributed by atoms with E-state index in [9.17, 15) is 9.59 Å². The van der Waals surface area contributed by atoms with Gasteiger partial charge in [-0.2, -0.15) is 0 Å². The fourth-order valence-corrected chi connectivity index (χ4v) is 3.34. The van der Waals surface area contributed by atoms with Crippen molar-refractivity contribution < 1.29 is 9.21 Å². The van der Waals surface area contributed by atoms with E-state index in [4.69, 9.17) is 4.42 Å². The van der Waals surface area contributed by atoms with Crippen molar-refractivity contribution in [2.24, 2.45) is 0 Å². The number of anilines is 1. The minimum Gasteiger partial charge on any atom is -0.441 e. The minimum absolute atomic E-state index is 0.0554. The van der Waals surface area contributed by atoms with E-state index < -0.39 is 11.5 Å². The van der Waals surface area contributed by atoms with Crippen molar-refractivity contribution in [1.82, 2.24) is 9.97 Å². The van der Waals surface area contributed by atoms with Gasteiger partial charge in [0.15, 0.2) is 11.5 Å². The van der Waals surface area contributed by atoms with Gasteiger partial charge in [-0.3, -0.25) is 9.59 Å². The molecule has 0 unspecified atom stereocenters. The fraction of sp³-hybridized carbons (Fsp3) is 0.105. The minimum atomic E-state index is -0.470. The maximum Gasteiger partial charge on any atom is 0.261 e. The highest BCUT2D eigenvalue weighted by atomic mass is 32.1.